The first-order valence-corrected chi connectivity index (χ1v) is 8.70. The zero-order valence-corrected chi connectivity index (χ0v) is 14.5. The van der Waals surface area contributed by atoms with Crippen molar-refractivity contribution < 1.29 is 9.59 Å². The largest absolute Gasteiger partial charge is 0.316 e. The van der Waals surface area contributed by atoms with Gasteiger partial charge in [-0.05, 0) is 24.6 Å². The summed E-state index contributed by atoms with van der Waals surface area (Å²) in [6.07, 6.45) is 0. The molecule has 0 aromatic heterocycles. The number of carbonyl (C=O) groups is 2. The molecular weight excluding hydrogens is 322 g/mol. The highest BCUT2D eigenvalue weighted by atomic mass is 16.2. The zero-order chi connectivity index (χ0) is 18.1. The van der Waals surface area contributed by atoms with Crippen molar-refractivity contribution in [2.75, 3.05) is 0 Å². The van der Waals surface area contributed by atoms with E-state index >= 15 is 0 Å². The summed E-state index contributed by atoms with van der Waals surface area (Å²) >= 11 is 0. The standard InChI is InChI=1S/C23H19NO2/c1-16-12-14-19(15-13-16)23(26)24-20(17-8-4-2-5-9-17)21(24)22(25)18-10-6-3-7-11-18/h2-15,20-21H,1H3/t20-,21+,24?/m0/s1. The molecule has 1 aliphatic rings. The molecule has 1 amide bonds. The van der Waals surface area contributed by atoms with Crippen molar-refractivity contribution >= 4 is 11.7 Å². The summed E-state index contributed by atoms with van der Waals surface area (Å²) in [7, 11) is 0. The molecule has 0 radical (unpaired) electrons. The lowest BCUT2D eigenvalue weighted by atomic mass is 10.0. The van der Waals surface area contributed by atoms with Crippen LogP contribution in [0.2, 0.25) is 0 Å². The first-order chi connectivity index (χ1) is 12.7. The van der Waals surface area contributed by atoms with Crippen molar-refractivity contribution in [1.82, 2.24) is 4.90 Å². The van der Waals surface area contributed by atoms with Crippen LogP contribution in [-0.2, 0) is 0 Å². The van der Waals surface area contributed by atoms with Crippen molar-refractivity contribution in [2.45, 2.75) is 19.0 Å². The molecule has 0 N–H and O–H groups in total. The second kappa shape index (κ2) is 6.60. The van der Waals surface area contributed by atoms with Gasteiger partial charge in [-0.3, -0.25) is 9.59 Å². The number of hydrogen-bond donors (Lipinski definition) is 0. The van der Waals surface area contributed by atoms with E-state index in [1.165, 1.54) is 0 Å². The number of hydrogen-bond acceptors (Lipinski definition) is 2. The van der Waals surface area contributed by atoms with Gasteiger partial charge in [0.05, 0.1) is 6.04 Å². The highest BCUT2D eigenvalue weighted by Crippen LogP contribution is 2.45. The topological polar surface area (TPSA) is 37.1 Å². The van der Waals surface area contributed by atoms with Crippen LogP contribution in [0.1, 0.15) is 37.9 Å². The molecule has 2 atom stereocenters. The number of aryl methyl sites for hydroxylation is 1. The molecule has 4 rings (SSSR count). The Morgan fingerprint density at radius 1 is 0.731 bits per heavy atom. The maximum Gasteiger partial charge on any atom is 0.255 e. The van der Waals surface area contributed by atoms with Crippen LogP contribution in [0.3, 0.4) is 0 Å². The van der Waals surface area contributed by atoms with Gasteiger partial charge in [-0.1, -0.05) is 78.4 Å². The molecule has 1 fully saturated rings. The van der Waals surface area contributed by atoms with Crippen LogP contribution in [0.25, 0.3) is 0 Å². The fraction of sp³-hybridized carbons (Fsp3) is 0.130. The fourth-order valence-electron chi connectivity index (χ4n) is 3.37. The number of carbonyl (C=O) groups excluding carboxylic acids is 2. The SMILES string of the molecule is Cc1ccc(C(=O)N2[C@@H](C(=O)c3ccccc3)[C@@H]2c2ccccc2)cc1. The average Bonchev–Trinajstić information content (AvgIpc) is 3.44. The average molecular weight is 341 g/mol. The van der Waals surface area contributed by atoms with Crippen LogP contribution >= 0.6 is 0 Å². The Bertz CT molecular complexity index is 933. The maximum absolute atomic E-state index is 13.0. The third-order valence-corrected chi connectivity index (χ3v) is 4.81. The van der Waals surface area contributed by atoms with Gasteiger partial charge in [0.1, 0.15) is 6.04 Å². The molecule has 0 bridgehead atoms. The molecule has 1 aliphatic heterocycles. The predicted molar refractivity (Wildman–Crippen MR) is 101 cm³/mol. The van der Waals surface area contributed by atoms with Crippen molar-refractivity contribution in [3.63, 3.8) is 0 Å². The molecule has 128 valence electrons. The number of nitrogens with zero attached hydrogens (tertiary/aromatic N) is 1. The number of ketones is 1. The third-order valence-electron chi connectivity index (χ3n) is 4.81. The molecule has 0 saturated carbocycles. The summed E-state index contributed by atoms with van der Waals surface area (Å²) in [6, 6.07) is 25.8. The zero-order valence-electron chi connectivity index (χ0n) is 14.5. The summed E-state index contributed by atoms with van der Waals surface area (Å²) < 4.78 is 0. The Labute approximate surface area is 152 Å². The van der Waals surface area contributed by atoms with Gasteiger partial charge >= 0.3 is 0 Å². The second-order valence-electron chi connectivity index (χ2n) is 6.61. The van der Waals surface area contributed by atoms with Crippen LogP contribution in [0.4, 0.5) is 0 Å². The van der Waals surface area contributed by atoms with Gasteiger partial charge in [0.15, 0.2) is 5.78 Å². The van der Waals surface area contributed by atoms with E-state index < -0.39 is 6.04 Å². The monoisotopic (exact) mass is 341 g/mol. The molecule has 26 heavy (non-hydrogen) atoms. The Balaban J connectivity index is 1.67. The lowest BCUT2D eigenvalue weighted by molar-refractivity contribution is 0.0833. The quantitative estimate of drug-likeness (QED) is 0.519. The molecule has 0 aliphatic carbocycles. The van der Waals surface area contributed by atoms with Crippen LogP contribution in [0.15, 0.2) is 84.9 Å². The van der Waals surface area contributed by atoms with Gasteiger partial charge < -0.3 is 4.90 Å². The summed E-state index contributed by atoms with van der Waals surface area (Å²) in [5.41, 5.74) is 3.34. The minimum atomic E-state index is -0.450. The molecule has 1 saturated heterocycles. The maximum atomic E-state index is 13.0. The van der Waals surface area contributed by atoms with Crippen molar-refractivity contribution in [1.29, 1.82) is 0 Å². The first kappa shape index (κ1) is 16.3. The van der Waals surface area contributed by atoms with Crippen LogP contribution in [0.5, 0.6) is 0 Å². The van der Waals surface area contributed by atoms with Crippen LogP contribution < -0.4 is 0 Å². The second-order valence-corrected chi connectivity index (χ2v) is 6.61. The molecule has 0 spiro atoms. The van der Waals surface area contributed by atoms with Gasteiger partial charge in [-0.2, -0.15) is 0 Å². The van der Waals surface area contributed by atoms with E-state index in [0.29, 0.717) is 11.1 Å². The number of Topliss-reactive ketones (excluding diaryl/α,β-unsaturated/α-hetero) is 1. The Hall–Kier alpha value is -3.20. The van der Waals surface area contributed by atoms with E-state index in [9.17, 15) is 9.59 Å². The smallest absolute Gasteiger partial charge is 0.255 e. The summed E-state index contributed by atoms with van der Waals surface area (Å²) in [5, 5.41) is 0. The number of amides is 1. The first-order valence-electron chi connectivity index (χ1n) is 8.70. The Kier molecular flexibility index (Phi) is 4.13. The van der Waals surface area contributed by atoms with E-state index in [1.807, 2.05) is 79.7 Å². The predicted octanol–water partition coefficient (Wildman–Crippen LogP) is 4.44. The van der Waals surface area contributed by atoms with Crippen molar-refractivity contribution in [3.05, 3.63) is 107 Å². The van der Waals surface area contributed by atoms with Gasteiger partial charge in [0, 0.05) is 11.1 Å². The normalized spacial score (nSPS) is 18.4. The Morgan fingerprint density at radius 2 is 1.31 bits per heavy atom. The molecule has 3 aromatic carbocycles. The van der Waals surface area contributed by atoms with E-state index in [0.717, 1.165) is 11.1 Å². The van der Waals surface area contributed by atoms with E-state index in [2.05, 4.69) is 0 Å². The highest BCUT2D eigenvalue weighted by Gasteiger charge is 2.56. The summed E-state index contributed by atoms with van der Waals surface area (Å²) in [6.45, 7) is 1.99. The van der Waals surface area contributed by atoms with E-state index in [-0.39, 0.29) is 17.7 Å². The molecular formula is C23H19NO2. The van der Waals surface area contributed by atoms with Crippen LogP contribution in [-0.4, -0.2) is 22.6 Å². The molecule has 3 heteroatoms. The minimum Gasteiger partial charge on any atom is -0.316 e. The highest BCUT2D eigenvalue weighted by molar-refractivity contribution is 6.08. The Morgan fingerprint density at radius 3 is 1.92 bits per heavy atom. The number of benzene rings is 3. The third kappa shape index (κ3) is 2.92. The van der Waals surface area contributed by atoms with Gasteiger partial charge in [-0.15, -0.1) is 0 Å². The van der Waals surface area contributed by atoms with Crippen molar-refractivity contribution in [2.24, 2.45) is 0 Å². The minimum absolute atomic E-state index is 0.0140. The van der Waals surface area contributed by atoms with Crippen molar-refractivity contribution in [3.8, 4) is 0 Å². The lowest BCUT2D eigenvalue weighted by Crippen LogP contribution is -2.19. The van der Waals surface area contributed by atoms with Gasteiger partial charge in [-0.25, -0.2) is 0 Å². The van der Waals surface area contributed by atoms with Crippen LogP contribution in [0, 0.1) is 6.92 Å². The molecule has 3 nitrogen and oxygen atoms in total. The molecule has 3 aromatic rings. The summed E-state index contributed by atoms with van der Waals surface area (Å²) in [4.78, 5) is 27.7. The van der Waals surface area contributed by atoms with E-state index in [4.69, 9.17) is 0 Å². The van der Waals surface area contributed by atoms with Gasteiger partial charge in [0.2, 0.25) is 0 Å². The number of rotatable bonds is 4. The van der Waals surface area contributed by atoms with Gasteiger partial charge in [0.25, 0.3) is 5.91 Å². The lowest BCUT2D eigenvalue weighted by Gasteiger charge is -2.06. The summed E-state index contributed by atoms with van der Waals surface area (Å²) in [5.74, 6) is -0.118. The fourth-order valence-corrected chi connectivity index (χ4v) is 3.37. The molecule has 1 heterocycles. The van der Waals surface area contributed by atoms with E-state index in [1.54, 1.807) is 17.0 Å². The molecule has 0 unspecified atom stereocenters.